The summed E-state index contributed by atoms with van der Waals surface area (Å²) in [5, 5.41) is 1.53. The van der Waals surface area contributed by atoms with E-state index < -0.39 is 0 Å². The molecule has 0 radical (unpaired) electrons. The van der Waals surface area contributed by atoms with Gasteiger partial charge in [-0.15, -0.1) is 0 Å². The van der Waals surface area contributed by atoms with Gasteiger partial charge in [-0.1, -0.05) is 0 Å². The summed E-state index contributed by atoms with van der Waals surface area (Å²) >= 11 is 3.45. The fraction of sp³-hybridized carbons (Fsp3) is 0.182. The number of aryl methyl sites for hydroxylation is 1. The van der Waals surface area contributed by atoms with Crippen LogP contribution in [0.4, 0.5) is 0 Å². The molecule has 0 atom stereocenters. The van der Waals surface area contributed by atoms with Crippen molar-refractivity contribution in [2.45, 2.75) is 6.92 Å². The third kappa shape index (κ3) is 1.65. The minimum Gasteiger partial charge on any atom is -0.497 e. The number of ether oxygens (including phenoxy) is 1. The number of fused-ring (bicyclic) bond motifs is 1. The van der Waals surface area contributed by atoms with E-state index in [2.05, 4.69) is 20.9 Å². The average Bonchev–Trinajstić information content (AvgIpc) is 2.25. The van der Waals surface area contributed by atoms with Gasteiger partial charge in [-0.3, -0.25) is 4.79 Å². The van der Waals surface area contributed by atoms with Gasteiger partial charge in [0.2, 0.25) is 0 Å². The highest BCUT2D eigenvalue weighted by atomic mass is 79.9. The predicted molar refractivity (Wildman–Crippen MR) is 63.6 cm³/mol. The summed E-state index contributed by atoms with van der Waals surface area (Å²) < 4.78 is 6.02. The normalized spacial score (nSPS) is 10.6. The first-order valence-corrected chi connectivity index (χ1v) is 5.29. The molecule has 0 aliphatic carbocycles. The van der Waals surface area contributed by atoms with Crippen LogP contribution in [0.15, 0.2) is 27.5 Å². The van der Waals surface area contributed by atoms with Gasteiger partial charge in [-0.25, -0.2) is 0 Å². The molecule has 1 N–H and O–H groups in total. The van der Waals surface area contributed by atoms with Crippen LogP contribution in [0.1, 0.15) is 5.69 Å². The van der Waals surface area contributed by atoms with Crippen molar-refractivity contribution >= 4 is 26.7 Å². The average molecular weight is 268 g/mol. The molecule has 3 nitrogen and oxygen atoms in total. The van der Waals surface area contributed by atoms with Gasteiger partial charge in [-0.2, -0.15) is 0 Å². The zero-order chi connectivity index (χ0) is 11.0. The summed E-state index contributed by atoms with van der Waals surface area (Å²) in [6.07, 6.45) is 0. The van der Waals surface area contributed by atoms with Crippen LogP contribution in [0.5, 0.6) is 5.75 Å². The molecule has 0 unspecified atom stereocenters. The summed E-state index contributed by atoms with van der Waals surface area (Å²) in [7, 11) is 1.61. The summed E-state index contributed by atoms with van der Waals surface area (Å²) in [4.78, 5) is 14.4. The van der Waals surface area contributed by atoms with Gasteiger partial charge in [0.15, 0.2) is 0 Å². The Morgan fingerprint density at radius 1 is 1.33 bits per heavy atom. The van der Waals surface area contributed by atoms with Crippen LogP contribution in [-0.2, 0) is 0 Å². The zero-order valence-electron chi connectivity index (χ0n) is 8.43. The number of nitrogens with one attached hydrogen (secondary N) is 1. The van der Waals surface area contributed by atoms with E-state index in [1.54, 1.807) is 19.2 Å². The monoisotopic (exact) mass is 267 g/mol. The summed E-state index contributed by atoms with van der Waals surface area (Å²) in [5.41, 5.74) is 0.745. The van der Waals surface area contributed by atoms with Gasteiger partial charge in [0.05, 0.1) is 7.11 Å². The van der Waals surface area contributed by atoms with Crippen LogP contribution in [0.25, 0.3) is 10.8 Å². The number of hydrogen-bond donors (Lipinski definition) is 1. The van der Waals surface area contributed by atoms with Gasteiger partial charge < -0.3 is 9.72 Å². The number of pyridine rings is 1. The molecule has 0 fully saturated rings. The molecule has 1 heterocycles. The van der Waals surface area contributed by atoms with E-state index in [-0.39, 0.29) is 5.56 Å². The third-order valence-corrected chi connectivity index (χ3v) is 3.36. The Bertz CT molecular complexity index is 575. The number of aromatic nitrogens is 1. The van der Waals surface area contributed by atoms with E-state index in [1.165, 1.54) is 0 Å². The zero-order valence-corrected chi connectivity index (χ0v) is 10.0. The molecule has 78 valence electrons. The highest BCUT2D eigenvalue weighted by molar-refractivity contribution is 9.10. The molecule has 4 heteroatoms. The fourth-order valence-electron chi connectivity index (χ4n) is 1.52. The number of aromatic amines is 1. The first-order chi connectivity index (χ1) is 7.13. The minimum atomic E-state index is -0.0756. The molecule has 1 aromatic heterocycles. The quantitative estimate of drug-likeness (QED) is 0.863. The van der Waals surface area contributed by atoms with Gasteiger partial charge in [0.25, 0.3) is 5.56 Å². The maximum absolute atomic E-state index is 11.6. The van der Waals surface area contributed by atoms with Crippen LogP contribution in [-0.4, -0.2) is 12.1 Å². The third-order valence-electron chi connectivity index (χ3n) is 2.34. The number of rotatable bonds is 1. The molecule has 0 saturated carbocycles. The second-order valence-electron chi connectivity index (χ2n) is 3.30. The van der Waals surface area contributed by atoms with Crippen molar-refractivity contribution in [3.8, 4) is 5.75 Å². The van der Waals surface area contributed by atoms with Crippen molar-refractivity contribution in [3.63, 3.8) is 0 Å². The van der Waals surface area contributed by atoms with E-state index in [4.69, 9.17) is 4.74 Å². The summed E-state index contributed by atoms with van der Waals surface area (Å²) in [6.45, 7) is 1.85. The van der Waals surface area contributed by atoms with E-state index in [1.807, 2.05) is 13.0 Å². The Balaban J connectivity index is 2.91. The molecule has 15 heavy (non-hydrogen) atoms. The van der Waals surface area contributed by atoms with Crippen molar-refractivity contribution in [3.05, 3.63) is 38.7 Å². The molecule has 0 spiro atoms. The Hall–Kier alpha value is -1.29. The first-order valence-electron chi connectivity index (χ1n) is 4.49. The number of hydrogen-bond acceptors (Lipinski definition) is 2. The van der Waals surface area contributed by atoms with Gasteiger partial charge in [0, 0.05) is 20.9 Å². The Labute approximate surface area is 95.2 Å². The molecule has 0 aliphatic heterocycles. The minimum absolute atomic E-state index is 0.0756. The number of methoxy groups -OCH3 is 1. The lowest BCUT2D eigenvalue weighted by atomic mass is 10.1. The smallest absolute Gasteiger partial charge is 0.256 e. The summed E-state index contributed by atoms with van der Waals surface area (Å²) in [6, 6.07) is 5.39. The Morgan fingerprint density at radius 3 is 2.73 bits per heavy atom. The standard InChI is InChI=1S/C11H10BrNO2/c1-6-10(12)9-5-7(15-2)3-4-8(9)11(14)13-6/h3-5H,1-2H3,(H,13,14). The molecule has 2 rings (SSSR count). The van der Waals surface area contributed by atoms with Crippen LogP contribution >= 0.6 is 15.9 Å². The first kappa shape index (κ1) is 10.2. The lowest BCUT2D eigenvalue weighted by Crippen LogP contribution is -2.08. The Morgan fingerprint density at radius 2 is 2.07 bits per heavy atom. The molecule has 0 saturated heterocycles. The van der Waals surface area contributed by atoms with Gasteiger partial charge in [0.1, 0.15) is 5.75 Å². The van der Waals surface area contributed by atoms with Crippen molar-refractivity contribution in [1.29, 1.82) is 0 Å². The van der Waals surface area contributed by atoms with Crippen molar-refractivity contribution in [1.82, 2.24) is 4.98 Å². The van der Waals surface area contributed by atoms with Crippen molar-refractivity contribution in [2.75, 3.05) is 7.11 Å². The van der Waals surface area contributed by atoms with Crippen molar-refractivity contribution in [2.24, 2.45) is 0 Å². The number of halogens is 1. The molecule has 0 bridgehead atoms. The van der Waals surface area contributed by atoms with E-state index in [0.717, 1.165) is 21.3 Å². The lowest BCUT2D eigenvalue weighted by molar-refractivity contribution is 0.415. The van der Waals surface area contributed by atoms with E-state index in [9.17, 15) is 4.79 Å². The van der Waals surface area contributed by atoms with E-state index in [0.29, 0.717) is 5.39 Å². The Kier molecular flexibility index (Phi) is 2.52. The fourth-order valence-corrected chi connectivity index (χ4v) is 1.95. The number of benzene rings is 1. The van der Waals surface area contributed by atoms with Crippen LogP contribution in [0.2, 0.25) is 0 Å². The second kappa shape index (κ2) is 3.70. The van der Waals surface area contributed by atoms with Crippen LogP contribution in [0.3, 0.4) is 0 Å². The topological polar surface area (TPSA) is 42.1 Å². The molecular formula is C11H10BrNO2. The second-order valence-corrected chi connectivity index (χ2v) is 4.10. The molecule has 1 aromatic carbocycles. The largest absolute Gasteiger partial charge is 0.497 e. The molecular weight excluding hydrogens is 258 g/mol. The predicted octanol–water partition coefficient (Wildman–Crippen LogP) is 2.61. The van der Waals surface area contributed by atoms with Crippen LogP contribution < -0.4 is 10.3 Å². The lowest BCUT2D eigenvalue weighted by Gasteiger charge is -2.05. The molecule has 2 aromatic rings. The SMILES string of the molecule is COc1ccc2c(=O)[nH]c(C)c(Br)c2c1. The maximum Gasteiger partial charge on any atom is 0.256 e. The van der Waals surface area contributed by atoms with Gasteiger partial charge in [-0.05, 0) is 41.1 Å². The highest BCUT2D eigenvalue weighted by Gasteiger charge is 2.07. The van der Waals surface area contributed by atoms with Crippen molar-refractivity contribution < 1.29 is 4.74 Å². The molecule has 0 amide bonds. The van der Waals surface area contributed by atoms with Crippen LogP contribution in [0, 0.1) is 6.92 Å². The number of H-pyrrole nitrogens is 1. The van der Waals surface area contributed by atoms with Gasteiger partial charge >= 0.3 is 0 Å². The summed E-state index contributed by atoms with van der Waals surface area (Å²) in [5.74, 6) is 0.744. The molecule has 0 aliphatic rings. The van der Waals surface area contributed by atoms with E-state index >= 15 is 0 Å². The maximum atomic E-state index is 11.6. The highest BCUT2D eigenvalue weighted by Crippen LogP contribution is 2.26.